The Balaban J connectivity index is 1.33. The molecule has 0 amide bonds. The highest BCUT2D eigenvalue weighted by molar-refractivity contribution is 6.11. The molecule has 50 heavy (non-hydrogen) atoms. The van der Waals surface area contributed by atoms with E-state index < -0.39 is 0 Å². The van der Waals surface area contributed by atoms with Crippen LogP contribution < -0.4 is 0 Å². The number of nitrogens with zero attached hydrogens (tertiary/aromatic N) is 5. The number of para-hydroxylation sites is 3. The molecule has 2 aromatic heterocycles. The van der Waals surface area contributed by atoms with Crippen LogP contribution in [0.1, 0.15) is 16.7 Å². The summed E-state index contributed by atoms with van der Waals surface area (Å²) in [4.78, 5) is 0. The van der Waals surface area contributed by atoms with Gasteiger partial charge in [-0.05, 0) is 83.9 Å². The molecule has 2 heterocycles. The summed E-state index contributed by atoms with van der Waals surface area (Å²) < 4.78 is 4.47. The Kier molecular flexibility index (Phi) is 6.56. The molecular weight excluding hydrogens is 611 g/mol. The molecule has 0 aliphatic rings. The van der Waals surface area contributed by atoms with Gasteiger partial charge in [0.25, 0.3) is 0 Å². The molecule has 0 aliphatic heterocycles. The van der Waals surface area contributed by atoms with Gasteiger partial charge in [-0.3, -0.25) is 0 Å². The van der Waals surface area contributed by atoms with E-state index in [-0.39, 0.29) is 0 Å². The van der Waals surface area contributed by atoms with Crippen molar-refractivity contribution in [2.24, 2.45) is 0 Å². The van der Waals surface area contributed by atoms with Crippen LogP contribution in [0.2, 0.25) is 0 Å². The van der Waals surface area contributed by atoms with Crippen molar-refractivity contribution in [3.8, 4) is 51.8 Å². The fraction of sp³-hybridized carbons (Fsp3) is 0. The normalized spacial score (nSPS) is 11.1. The Labute approximate surface area is 287 Å². The average Bonchev–Trinajstić information content (AvgIpc) is 3.70. The predicted molar refractivity (Wildman–Crippen MR) is 200 cm³/mol. The third kappa shape index (κ3) is 4.31. The second kappa shape index (κ2) is 11.4. The van der Waals surface area contributed by atoms with Crippen molar-refractivity contribution in [3.05, 3.63) is 168 Å². The molecule has 0 aliphatic carbocycles. The van der Waals surface area contributed by atoms with E-state index in [4.69, 9.17) is 0 Å². The topological polar surface area (TPSA) is 81.2 Å². The first kappa shape index (κ1) is 28.8. The van der Waals surface area contributed by atoms with Crippen LogP contribution in [0.15, 0.2) is 152 Å². The third-order valence-electron chi connectivity index (χ3n) is 9.62. The fourth-order valence-electron chi connectivity index (χ4n) is 7.50. The minimum Gasteiger partial charge on any atom is -0.309 e. The van der Waals surface area contributed by atoms with Crippen molar-refractivity contribution >= 4 is 43.6 Å². The number of rotatable bonds is 4. The standard InChI is InChI=1S/C45H25N5/c46-26-29-19-21-43-38(23-29)36-14-3-6-18-42(36)50(43)44-22-20-30(27-47)24-39(44)37-15-8-10-32(28-48)45(37)31-9-7-11-33(25-31)49-40-16-4-1-12-34(40)35-13-2-5-17-41(35)49/h1-25H. The van der Waals surface area contributed by atoms with Crippen LogP contribution in [0.3, 0.4) is 0 Å². The summed E-state index contributed by atoms with van der Waals surface area (Å²) in [5.74, 6) is 0. The Morgan fingerprint density at radius 2 is 0.980 bits per heavy atom. The number of fused-ring (bicyclic) bond motifs is 6. The molecule has 0 bridgehead atoms. The van der Waals surface area contributed by atoms with Gasteiger partial charge in [-0.15, -0.1) is 0 Å². The first-order valence-electron chi connectivity index (χ1n) is 16.3. The summed E-state index contributed by atoms with van der Waals surface area (Å²) >= 11 is 0. The zero-order valence-corrected chi connectivity index (χ0v) is 26.7. The van der Waals surface area contributed by atoms with Gasteiger partial charge in [0.05, 0.1) is 62.7 Å². The van der Waals surface area contributed by atoms with Crippen molar-refractivity contribution in [1.82, 2.24) is 9.13 Å². The van der Waals surface area contributed by atoms with E-state index in [1.807, 2.05) is 72.8 Å². The lowest BCUT2D eigenvalue weighted by Crippen LogP contribution is -2.00. The molecule has 0 saturated carbocycles. The molecule has 0 fully saturated rings. The number of benzene rings is 7. The van der Waals surface area contributed by atoms with E-state index >= 15 is 0 Å². The zero-order chi connectivity index (χ0) is 33.8. The molecule has 0 spiro atoms. The molecule has 9 aromatic rings. The summed E-state index contributed by atoms with van der Waals surface area (Å²) in [7, 11) is 0. The van der Waals surface area contributed by atoms with Gasteiger partial charge in [0.15, 0.2) is 0 Å². The maximum atomic E-state index is 10.5. The van der Waals surface area contributed by atoms with Gasteiger partial charge < -0.3 is 9.13 Å². The summed E-state index contributed by atoms with van der Waals surface area (Å²) in [5.41, 5.74) is 11.0. The van der Waals surface area contributed by atoms with E-state index in [1.165, 1.54) is 10.8 Å². The van der Waals surface area contributed by atoms with E-state index in [9.17, 15) is 15.8 Å². The molecule has 7 aromatic carbocycles. The second-order valence-electron chi connectivity index (χ2n) is 12.3. The average molecular weight is 636 g/mol. The lowest BCUT2D eigenvalue weighted by atomic mass is 9.89. The molecule has 0 saturated heterocycles. The Bertz CT molecular complexity index is 2920. The van der Waals surface area contributed by atoms with Gasteiger partial charge in [0, 0.05) is 38.4 Å². The number of nitriles is 3. The van der Waals surface area contributed by atoms with E-state index in [0.717, 1.165) is 66.5 Å². The summed E-state index contributed by atoms with van der Waals surface area (Å²) in [6.07, 6.45) is 0. The molecular formula is C45H25N5. The molecule has 230 valence electrons. The highest BCUT2D eigenvalue weighted by Crippen LogP contribution is 2.42. The van der Waals surface area contributed by atoms with Gasteiger partial charge in [-0.1, -0.05) is 78.9 Å². The molecule has 0 unspecified atom stereocenters. The van der Waals surface area contributed by atoms with Gasteiger partial charge in [-0.25, -0.2) is 0 Å². The summed E-state index contributed by atoms with van der Waals surface area (Å²) in [5, 5.41) is 34.7. The Morgan fingerprint density at radius 3 is 1.66 bits per heavy atom. The largest absolute Gasteiger partial charge is 0.309 e. The molecule has 0 radical (unpaired) electrons. The first-order chi connectivity index (χ1) is 24.7. The molecule has 9 rings (SSSR count). The van der Waals surface area contributed by atoms with Crippen molar-refractivity contribution in [1.29, 1.82) is 15.8 Å². The third-order valence-corrected chi connectivity index (χ3v) is 9.62. The smallest absolute Gasteiger partial charge is 0.0998 e. The number of aromatic nitrogens is 2. The van der Waals surface area contributed by atoms with Crippen LogP contribution in [0.5, 0.6) is 0 Å². The van der Waals surface area contributed by atoms with E-state index in [0.29, 0.717) is 16.7 Å². The molecule has 0 N–H and O–H groups in total. The van der Waals surface area contributed by atoms with E-state index in [2.05, 4.69) is 106 Å². The molecule has 5 nitrogen and oxygen atoms in total. The first-order valence-corrected chi connectivity index (χ1v) is 16.3. The van der Waals surface area contributed by atoms with Crippen molar-refractivity contribution in [2.75, 3.05) is 0 Å². The van der Waals surface area contributed by atoms with Crippen LogP contribution >= 0.6 is 0 Å². The maximum Gasteiger partial charge on any atom is 0.0998 e. The quantitative estimate of drug-likeness (QED) is 0.193. The highest BCUT2D eigenvalue weighted by atomic mass is 15.0. The van der Waals surface area contributed by atoms with Crippen LogP contribution in [-0.2, 0) is 0 Å². The summed E-state index contributed by atoms with van der Waals surface area (Å²) in [6.45, 7) is 0. The van der Waals surface area contributed by atoms with Gasteiger partial charge in [-0.2, -0.15) is 15.8 Å². The second-order valence-corrected chi connectivity index (χ2v) is 12.3. The maximum absolute atomic E-state index is 10.5. The Morgan fingerprint density at radius 1 is 0.400 bits per heavy atom. The summed E-state index contributed by atoms with van der Waals surface area (Å²) in [6, 6.07) is 57.7. The van der Waals surface area contributed by atoms with Crippen LogP contribution in [-0.4, -0.2) is 9.13 Å². The Hall–Kier alpha value is -7.39. The van der Waals surface area contributed by atoms with Crippen LogP contribution in [0.25, 0.3) is 77.2 Å². The molecule has 5 heteroatoms. The highest BCUT2D eigenvalue weighted by Gasteiger charge is 2.21. The van der Waals surface area contributed by atoms with Crippen molar-refractivity contribution in [3.63, 3.8) is 0 Å². The van der Waals surface area contributed by atoms with Gasteiger partial charge >= 0.3 is 0 Å². The van der Waals surface area contributed by atoms with Crippen molar-refractivity contribution in [2.45, 2.75) is 0 Å². The van der Waals surface area contributed by atoms with Crippen molar-refractivity contribution < 1.29 is 0 Å². The fourth-order valence-corrected chi connectivity index (χ4v) is 7.50. The van der Waals surface area contributed by atoms with Gasteiger partial charge in [0.1, 0.15) is 0 Å². The zero-order valence-electron chi connectivity index (χ0n) is 26.7. The van der Waals surface area contributed by atoms with Gasteiger partial charge in [0.2, 0.25) is 0 Å². The molecule has 0 atom stereocenters. The monoisotopic (exact) mass is 635 g/mol. The SMILES string of the molecule is N#Cc1ccc(-n2c3ccccc3c3cc(C#N)ccc32)c(-c2cccc(C#N)c2-c2cccc(-n3c4ccccc4c4ccccc43)c2)c1. The number of hydrogen-bond donors (Lipinski definition) is 0. The lowest BCUT2D eigenvalue weighted by molar-refractivity contribution is 1.18. The minimum absolute atomic E-state index is 0.517. The predicted octanol–water partition coefficient (Wildman–Crippen LogP) is 10.8. The van der Waals surface area contributed by atoms with Crippen LogP contribution in [0, 0.1) is 34.0 Å². The lowest BCUT2D eigenvalue weighted by Gasteiger charge is -2.19. The minimum atomic E-state index is 0.517. The number of hydrogen-bond acceptors (Lipinski definition) is 3. The van der Waals surface area contributed by atoms with Crippen LogP contribution in [0.4, 0.5) is 0 Å². The van der Waals surface area contributed by atoms with E-state index in [1.54, 1.807) is 0 Å².